The Hall–Kier alpha value is -1.37. The number of aromatic nitrogens is 4. The van der Waals surface area contributed by atoms with E-state index >= 15 is 0 Å². The van der Waals surface area contributed by atoms with Crippen molar-refractivity contribution in [2.45, 2.75) is 0 Å². The first-order valence-electron chi connectivity index (χ1n) is 2.76. The molecule has 1 aromatic heterocycles. The van der Waals surface area contributed by atoms with Crippen LogP contribution in [-0.4, -0.2) is 26.8 Å². The number of rotatable bonds is 0. The van der Waals surface area contributed by atoms with Gasteiger partial charge in [-0.15, -0.1) is 5.10 Å². The molecule has 0 unspecified atom stereocenters. The fourth-order valence-corrected chi connectivity index (χ4v) is 0.669. The average molecular weight is 170 g/mol. The highest BCUT2D eigenvalue weighted by Crippen LogP contribution is 1.95. The van der Waals surface area contributed by atoms with Crippen LogP contribution in [-0.2, 0) is 0 Å². The summed E-state index contributed by atoms with van der Waals surface area (Å²) in [7, 11) is 0. The lowest BCUT2D eigenvalue weighted by molar-refractivity contribution is 0.881. The first-order valence-corrected chi connectivity index (χ1v) is 3.64. The minimum absolute atomic E-state index is 1.40. The molecule has 1 aliphatic rings. The number of hydrazone groups is 1. The van der Waals surface area contributed by atoms with Gasteiger partial charge in [-0.3, -0.25) is 0 Å². The van der Waals surface area contributed by atoms with Gasteiger partial charge in [0.15, 0.2) is 0 Å². The standard InChI is InChI=1S/C3H4N2S.CH2N4/c1-2-4-5-6-3-1;1-2-4-5-3-1/h1-3,5H;1H,(H,2,3,4,5). The van der Waals surface area contributed by atoms with Crippen molar-refractivity contribution in [1.82, 2.24) is 25.5 Å². The summed E-state index contributed by atoms with van der Waals surface area (Å²) in [5.41, 5.74) is 0. The third-order valence-corrected chi connectivity index (χ3v) is 1.19. The van der Waals surface area contributed by atoms with E-state index in [2.05, 4.69) is 30.6 Å². The largest absolute Gasteiger partial charge is 0.248 e. The summed E-state index contributed by atoms with van der Waals surface area (Å²) in [4.78, 5) is 2.68. The normalized spacial score (nSPS) is 13.1. The highest BCUT2D eigenvalue weighted by Gasteiger charge is 1.75. The van der Waals surface area contributed by atoms with Crippen molar-refractivity contribution in [1.29, 1.82) is 0 Å². The first-order chi connectivity index (χ1) is 5.50. The molecule has 0 amide bonds. The fraction of sp³-hybridized carbons (Fsp3) is 0. The van der Waals surface area contributed by atoms with Crippen LogP contribution in [0.2, 0.25) is 0 Å². The van der Waals surface area contributed by atoms with Gasteiger partial charge in [-0.1, -0.05) is 0 Å². The molecule has 0 bridgehead atoms. The summed E-state index contributed by atoms with van der Waals surface area (Å²) in [6.45, 7) is 0. The average Bonchev–Trinajstić information content (AvgIpc) is 2.64. The molecule has 58 valence electrons. The van der Waals surface area contributed by atoms with Crippen LogP contribution in [0.3, 0.4) is 0 Å². The SMILES string of the molecule is C1=CSNN=C1.c1nnn[nH]1. The van der Waals surface area contributed by atoms with Gasteiger partial charge in [0.1, 0.15) is 6.33 Å². The highest BCUT2D eigenvalue weighted by molar-refractivity contribution is 8.00. The van der Waals surface area contributed by atoms with Gasteiger partial charge in [-0.25, -0.2) is 9.93 Å². The zero-order valence-electron chi connectivity index (χ0n) is 5.51. The second kappa shape index (κ2) is 5.42. The molecular formula is C4H6N6S. The van der Waals surface area contributed by atoms with E-state index in [4.69, 9.17) is 0 Å². The van der Waals surface area contributed by atoms with Gasteiger partial charge in [0, 0.05) is 6.21 Å². The lowest BCUT2D eigenvalue weighted by atomic mass is 10.7. The smallest absolute Gasteiger partial charge is 0.135 e. The van der Waals surface area contributed by atoms with Crippen LogP contribution in [0.15, 0.2) is 22.9 Å². The van der Waals surface area contributed by atoms with Gasteiger partial charge in [0.2, 0.25) is 0 Å². The second-order valence-corrected chi connectivity index (χ2v) is 2.07. The molecule has 0 aliphatic carbocycles. The van der Waals surface area contributed by atoms with Crippen LogP contribution in [0.25, 0.3) is 0 Å². The predicted octanol–water partition coefficient (Wildman–Crippen LogP) is -0.0630. The number of allylic oxidation sites excluding steroid dienone is 1. The van der Waals surface area contributed by atoms with E-state index < -0.39 is 0 Å². The Morgan fingerprint density at radius 2 is 2.36 bits per heavy atom. The molecule has 7 heteroatoms. The molecule has 2 N–H and O–H groups in total. The van der Waals surface area contributed by atoms with Crippen molar-refractivity contribution in [3.05, 3.63) is 17.8 Å². The zero-order chi connectivity index (χ0) is 7.78. The Morgan fingerprint density at radius 1 is 1.36 bits per heavy atom. The van der Waals surface area contributed by atoms with Crippen molar-refractivity contribution in [2.75, 3.05) is 0 Å². The summed E-state index contributed by atoms with van der Waals surface area (Å²) >= 11 is 1.47. The minimum Gasteiger partial charge on any atom is -0.248 e. The molecule has 0 radical (unpaired) electrons. The maximum Gasteiger partial charge on any atom is 0.135 e. The zero-order valence-corrected chi connectivity index (χ0v) is 6.32. The van der Waals surface area contributed by atoms with Crippen molar-refractivity contribution in [2.24, 2.45) is 5.10 Å². The number of hydrogen-bond acceptors (Lipinski definition) is 6. The molecule has 0 saturated carbocycles. The number of tetrazole rings is 1. The van der Waals surface area contributed by atoms with Gasteiger partial charge < -0.3 is 0 Å². The van der Waals surface area contributed by atoms with Crippen LogP contribution in [0, 0.1) is 0 Å². The first kappa shape index (κ1) is 7.73. The highest BCUT2D eigenvalue weighted by atomic mass is 32.2. The number of aromatic amines is 1. The van der Waals surface area contributed by atoms with E-state index in [0.29, 0.717) is 0 Å². The molecule has 0 saturated heterocycles. The summed E-state index contributed by atoms with van der Waals surface area (Å²) in [6.07, 6.45) is 4.98. The van der Waals surface area contributed by atoms with Crippen LogP contribution < -0.4 is 4.83 Å². The molecule has 0 aromatic carbocycles. The molecule has 2 heterocycles. The summed E-state index contributed by atoms with van der Waals surface area (Å²) in [5.74, 6) is 0. The Morgan fingerprint density at radius 3 is 2.55 bits per heavy atom. The maximum atomic E-state index is 3.68. The second-order valence-electron chi connectivity index (χ2n) is 1.38. The van der Waals surface area contributed by atoms with Crippen molar-refractivity contribution >= 4 is 18.2 Å². The molecule has 0 atom stereocenters. The lowest BCUT2D eigenvalue weighted by Gasteiger charge is -1.92. The van der Waals surface area contributed by atoms with E-state index in [0.717, 1.165) is 0 Å². The molecule has 1 aromatic rings. The molecule has 2 rings (SSSR count). The molecular weight excluding hydrogens is 164 g/mol. The van der Waals surface area contributed by atoms with Crippen LogP contribution in [0.1, 0.15) is 0 Å². The number of nitrogens with one attached hydrogen (secondary N) is 2. The summed E-state index contributed by atoms with van der Waals surface area (Å²) in [5, 5.41) is 17.7. The number of nitrogens with zero attached hydrogens (tertiary/aromatic N) is 4. The van der Waals surface area contributed by atoms with Gasteiger partial charge in [-0.2, -0.15) is 5.10 Å². The van der Waals surface area contributed by atoms with E-state index in [1.54, 1.807) is 6.21 Å². The lowest BCUT2D eigenvalue weighted by Crippen LogP contribution is -1.91. The maximum absolute atomic E-state index is 3.68. The van der Waals surface area contributed by atoms with E-state index in [1.165, 1.54) is 18.3 Å². The van der Waals surface area contributed by atoms with Crippen LogP contribution in [0.5, 0.6) is 0 Å². The predicted molar refractivity (Wildman–Crippen MR) is 42.5 cm³/mol. The molecule has 6 nitrogen and oxygen atoms in total. The molecule has 0 fully saturated rings. The van der Waals surface area contributed by atoms with Gasteiger partial charge in [-0.05, 0) is 33.9 Å². The van der Waals surface area contributed by atoms with Gasteiger partial charge >= 0.3 is 0 Å². The Kier molecular flexibility index (Phi) is 3.81. The summed E-state index contributed by atoms with van der Waals surface area (Å²) in [6, 6.07) is 0. The van der Waals surface area contributed by atoms with Crippen molar-refractivity contribution < 1.29 is 0 Å². The summed E-state index contributed by atoms with van der Waals surface area (Å²) < 4.78 is 0. The number of H-pyrrole nitrogens is 1. The topological polar surface area (TPSA) is 78.8 Å². The quantitative estimate of drug-likeness (QED) is 0.533. The minimum atomic E-state index is 1.40. The van der Waals surface area contributed by atoms with E-state index in [-0.39, 0.29) is 0 Å². The molecule has 1 aliphatic heterocycles. The van der Waals surface area contributed by atoms with Crippen LogP contribution >= 0.6 is 11.9 Å². The molecule has 0 spiro atoms. The van der Waals surface area contributed by atoms with E-state index in [1.807, 2.05) is 11.5 Å². The van der Waals surface area contributed by atoms with Gasteiger partial charge in [0.05, 0.1) is 0 Å². The third kappa shape index (κ3) is 4.09. The fourth-order valence-electron chi connectivity index (χ4n) is 0.338. The van der Waals surface area contributed by atoms with E-state index in [9.17, 15) is 0 Å². The van der Waals surface area contributed by atoms with Crippen LogP contribution in [0.4, 0.5) is 0 Å². The Balaban J connectivity index is 0.000000112. The third-order valence-electron chi connectivity index (χ3n) is 0.682. The van der Waals surface area contributed by atoms with Gasteiger partial charge in [0.25, 0.3) is 0 Å². The monoisotopic (exact) mass is 170 g/mol. The Bertz CT molecular complexity index is 187. The number of hydrogen-bond donors (Lipinski definition) is 2. The Labute approximate surface area is 67.3 Å². The van der Waals surface area contributed by atoms with Crippen molar-refractivity contribution in [3.8, 4) is 0 Å². The van der Waals surface area contributed by atoms with Crippen molar-refractivity contribution in [3.63, 3.8) is 0 Å². The molecule has 11 heavy (non-hydrogen) atoms.